The van der Waals surface area contributed by atoms with Gasteiger partial charge in [0, 0.05) is 13.6 Å². The lowest BCUT2D eigenvalue weighted by atomic mass is 10.2. The van der Waals surface area contributed by atoms with Crippen molar-refractivity contribution in [3.63, 3.8) is 0 Å². The summed E-state index contributed by atoms with van der Waals surface area (Å²) in [5.41, 5.74) is 0. The van der Waals surface area contributed by atoms with E-state index < -0.39 is 5.97 Å². The summed E-state index contributed by atoms with van der Waals surface area (Å²) >= 11 is 0.900. The highest BCUT2D eigenvalue weighted by atomic mass is 32.1. The Bertz CT molecular complexity index is 510. The van der Waals surface area contributed by atoms with E-state index >= 15 is 0 Å². The largest absolute Gasteiger partial charge is 0.477 e. The lowest BCUT2D eigenvalue weighted by Crippen LogP contribution is -2.39. The smallest absolute Gasteiger partial charge is 0.345 e. The number of rotatable bonds is 6. The number of likely N-dealkylation sites (N-methyl/N-ethyl adjacent to an activating group) is 1. The predicted molar refractivity (Wildman–Crippen MR) is 76.1 cm³/mol. The van der Waals surface area contributed by atoms with E-state index in [1.807, 2.05) is 13.8 Å². The molecule has 0 aliphatic heterocycles. The van der Waals surface area contributed by atoms with Gasteiger partial charge in [-0.25, -0.2) is 4.79 Å². The molecule has 0 fully saturated rings. The monoisotopic (exact) mass is 298 g/mol. The van der Waals surface area contributed by atoms with Crippen molar-refractivity contribution < 1.29 is 19.5 Å². The quantitative estimate of drug-likeness (QED) is 0.828. The average molecular weight is 298 g/mol. The molecular weight excluding hydrogens is 280 g/mol. The minimum absolute atomic E-state index is 0.0497. The van der Waals surface area contributed by atoms with Gasteiger partial charge in [0.15, 0.2) is 0 Å². The maximum atomic E-state index is 12.0. The average Bonchev–Trinajstić information content (AvgIpc) is 2.85. The standard InChI is InChI=1S/C13H18N2O4S/c1-8(2)6-14-11(16)7-15(3)12(17)9-4-5-10(20-9)13(18)19/h4-5,8H,6-7H2,1-3H3,(H,14,16)(H,18,19). The number of carbonyl (C=O) groups is 3. The number of carboxylic acid groups (broad SMARTS) is 1. The molecule has 1 rings (SSSR count). The molecule has 2 amide bonds. The first-order valence-corrected chi connectivity index (χ1v) is 6.98. The number of nitrogens with one attached hydrogen (secondary N) is 1. The number of amides is 2. The molecule has 1 aromatic heterocycles. The number of carbonyl (C=O) groups excluding carboxylic acids is 2. The van der Waals surface area contributed by atoms with Crippen molar-refractivity contribution in [2.75, 3.05) is 20.1 Å². The van der Waals surface area contributed by atoms with Crippen molar-refractivity contribution in [3.05, 3.63) is 21.9 Å². The van der Waals surface area contributed by atoms with Crippen LogP contribution < -0.4 is 5.32 Å². The van der Waals surface area contributed by atoms with E-state index in [0.717, 1.165) is 11.3 Å². The molecule has 0 aliphatic rings. The highest BCUT2D eigenvalue weighted by Crippen LogP contribution is 2.17. The van der Waals surface area contributed by atoms with E-state index in [4.69, 9.17) is 5.11 Å². The molecular formula is C13H18N2O4S. The fourth-order valence-corrected chi connectivity index (χ4v) is 2.26. The molecule has 7 heteroatoms. The first kappa shape index (κ1) is 16.2. The van der Waals surface area contributed by atoms with Crippen molar-refractivity contribution >= 4 is 29.1 Å². The van der Waals surface area contributed by atoms with Crippen LogP contribution in [0.4, 0.5) is 0 Å². The first-order chi connectivity index (χ1) is 9.31. The van der Waals surface area contributed by atoms with E-state index in [1.165, 1.54) is 24.1 Å². The van der Waals surface area contributed by atoms with Gasteiger partial charge in [0.25, 0.3) is 5.91 Å². The number of aromatic carboxylic acids is 1. The van der Waals surface area contributed by atoms with Gasteiger partial charge in [0.05, 0.1) is 11.4 Å². The van der Waals surface area contributed by atoms with Crippen LogP contribution in [-0.4, -0.2) is 47.9 Å². The second-order valence-corrected chi connectivity index (χ2v) is 5.91. The van der Waals surface area contributed by atoms with Gasteiger partial charge in [-0.15, -0.1) is 11.3 Å². The number of hydrogen-bond acceptors (Lipinski definition) is 4. The van der Waals surface area contributed by atoms with E-state index in [0.29, 0.717) is 17.3 Å². The SMILES string of the molecule is CC(C)CNC(=O)CN(C)C(=O)c1ccc(C(=O)O)s1. The van der Waals surface area contributed by atoms with E-state index in [-0.39, 0.29) is 23.2 Å². The van der Waals surface area contributed by atoms with Crippen molar-refractivity contribution in [3.8, 4) is 0 Å². The van der Waals surface area contributed by atoms with E-state index in [9.17, 15) is 14.4 Å². The van der Waals surface area contributed by atoms with E-state index in [2.05, 4.69) is 5.32 Å². The Morgan fingerprint density at radius 3 is 2.40 bits per heavy atom. The molecule has 0 aliphatic carbocycles. The van der Waals surface area contributed by atoms with Gasteiger partial charge in [-0.2, -0.15) is 0 Å². The zero-order chi connectivity index (χ0) is 15.3. The molecule has 6 nitrogen and oxygen atoms in total. The molecule has 0 saturated carbocycles. The molecule has 2 N–H and O–H groups in total. The Morgan fingerprint density at radius 2 is 1.90 bits per heavy atom. The van der Waals surface area contributed by atoms with Crippen LogP contribution in [0.3, 0.4) is 0 Å². The summed E-state index contributed by atoms with van der Waals surface area (Å²) < 4.78 is 0. The third-order valence-electron chi connectivity index (χ3n) is 2.46. The van der Waals surface area contributed by atoms with Crippen molar-refractivity contribution in [2.45, 2.75) is 13.8 Å². The highest BCUT2D eigenvalue weighted by Gasteiger charge is 2.18. The lowest BCUT2D eigenvalue weighted by Gasteiger charge is -2.16. The summed E-state index contributed by atoms with van der Waals surface area (Å²) in [5.74, 6) is -1.31. The molecule has 0 bridgehead atoms. The van der Waals surface area contributed by atoms with Gasteiger partial charge in [-0.1, -0.05) is 13.8 Å². The number of thiophene rings is 1. The zero-order valence-corrected chi connectivity index (χ0v) is 12.5. The van der Waals surface area contributed by atoms with Crippen LogP contribution in [0.15, 0.2) is 12.1 Å². The Balaban J connectivity index is 2.57. The molecule has 0 atom stereocenters. The maximum Gasteiger partial charge on any atom is 0.345 e. The molecule has 0 saturated heterocycles. The van der Waals surface area contributed by atoms with Crippen LogP contribution in [0.5, 0.6) is 0 Å². The Labute approximate surface area is 121 Å². The highest BCUT2D eigenvalue weighted by molar-refractivity contribution is 7.15. The van der Waals surface area contributed by atoms with E-state index in [1.54, 1.807) is 0 Å². The van der Waals surface area contributed by atoms with Crippen molar-refractivity contribution in [1.82, 2.24) is 10.2 Å². The van der Waals surface area contributed by atoms with Gasteiger partial charge in [-0.05, 0) is 18.1 Å². The van der Waals surface area contributed by atoms with Gasteiger partial charge < -0.3 is 15.3 Å². The molecule has 0 radical (unpaired) electrons. The fraction of sp³-hybridized carbons (Fsp3) is 0.462. The topological polar surface area (TPSA) is 86.7 Å². The Kier molecular flexibility index (Phi) is 5.69. The summed E-state index contributed by atoms with van der Waals surface area (Å²) in [5, 5.41) is 11.5. The molecule has 1 heterocycles. The minimum Gasteiger partial charge on any atom is -0.477 e. The van der Waals surface area contributed by atoms with Crippen molar-refractivity contribution in [1.29, 1.82) is 0 Å². The summed E-state index contributed by atoms with van der Waals surface area (Å²) in [6.07, 6.45) is 0. The summed E-state index contributed by atoms with van der Waals surface area (Å²) in [7, 11) is 1.51. The van der Waals surface area contributed by atoms with Gasteiger partial charge >= 0.3 is 5.97 Å². The summed E-state index contributed by atoms with van der Waals surface area (Å²) in [6, 6.07) is 2.84. The second kappa shape index (κ2) is 7.04. The molecule has 0 unspecified atom stereocenters. The second-order valence-electron chi connectivity index (χ2n) is 4.83. The Morgan fingerprint density at radius 1 is 1.30 bits per heavy atom. The first-order valence-electron chi connectivity index (χ1n) is 6.16. The molecule has 20 heavy (non-hydrogen) atoms. The van der Waals surface area contributed by atoms with Crippen LogP contribution in [-0.2, 0) is 4.79 Å². The van der Waals surface area contributed by atoms with Gasteiger partial charge in [-0.3, -0.25) is 9.59 Å². The van der Waals surface area contributed by atoms with Crippen LogP contribution in [0.2, 0.25) is 0 Å². The molecule has 0 aromatic carbocycles. The third-order valence-corrected chi connectivity index (χ3v) is 3.52. The third kappa shape index (κ3) is 4.65. The number of nitrogens with zero attached hydrogens (tertiary/aromatic N) is 1. The van der Waals surface area contributed by atoms with Gasteiger partial charge in [0.1, 0.15) is 4.88 Å². The van der Waals surface area contributed by atoms with Crippen LogP contribution >= 0.6 is 11.3 Å². The minimum atomic E-state index is -1.06. The number of carboxylic acids is 1. The fourth-order valence-electron chi connectivity index (χ4n) is 1.42. The maximum absolute atomic E-state index is 12.0. The van der Waals surface area contributed by atoms with Crippen LogP contribution in [0.25, 0.3) is 0 Å². The van der Waals surface area contributed by atoms with Crippen molar-refractivity contribution in [2.24, 2.45) is 5.92 Å². The molecule has 110 valence electrons. The summed E-state index contributed by atoms with van der Waals surface area (Å²) in [4.78, 5) is 36.1. The zero-order valence-electron chi connectivity index (χ0n) is 11.7. The Hall–Kier alpha value is -1.89. The normalized spacial score (nSPS) is 10.4. The number of hydrogen-bond donors (Lipinski definition) is 2. The molecule has 0 spiro atoms. The van der Waals surface area contributed by atoms with Gasteiger partial charge in [0.2, 0.25) is 5.91 Å². The lowest BCUT2D eigenvalue weighted by molar-refractivity contribution is -0.121. The van der Waals surface area contributed by atoms with Crippen LogP contribution in [0, 0.1) is 5.92 Å². The predicted octanol–water partition coefficient (Wildman–Crippen LogP) is 1.29. The molecule has 1 aromatic rings. The summed E-state index contributed by atoms with van der Waals surface area (Å²) in [6.45, 7) is 4.47. The van der Waals surface area contributed by atoms with Crippen LogP contribution in [0.1, 0.15) is 33.2 Å².